The minimum atomic E-state index is -0.169. The van der Waals surface area contributed by atoms with E-state index in [1.165, 1.54) is 0 Å². The van der Waals surface area contributed by atoms with Gasteiger partial charge in [0.25, 0.3) is 5.91 Å². The number of piperidine rings is 1. The summed E-state index contributed by atoms with van der Waals surface area (Å²) in [5.74, 6) is 0.115. The Morgan fingerprint density at radius 1 is 1.02 bits per heavy atom. The van der Waals surface area contributed by atoms with Crippen LogP contribution in [0.1, 0.15) is 54.1 Å². The van der Waals surface area contributed by atoms with Crippen LogP contribution in [0.2, 0.25) is 0 Å². The molecular weight excluding hydrogens is 504 g/mol. The average Bonchev–Trinajstić information content (AvgIpc) is 3.65. The zero-order valence-corrected chi connectivity index (χ0v) is 23.4. The summed E-state index contributed by atoms with van der Waals surface area (Å²) in [6, 6.07) is 15.3. The van der Waals surface area contributed by atoms with Gasteiger partial charge in [-0.3, -0.25) is 19.1 Å². The van der Waals surface area contributed by atoms with Crippen LogP contribution < -0.4 is 10.2 Å². The number of amides is 3. The molecule has 3 aromatic rings. The van der Waals surface area contributed by atoms with Crippen molar-refractivity contribution in [3.8, 4) is 0 Å². The normalized spacial score (nSPS) is 15.2. The van der Waals surface area contributed by atoms with Gasteiger partial charge in [-0.2, -0.15) is 5.10 Å². The first kappa shape index (κ1) is 27.4. The number of nitrogens with one attached hydrogen (secondary N) is 1. The molecule has 210 valence electrons. The Bertz CT molecular complexity index is 1350. The second-order valence-electron chi connectivity index (χ2n) is 10.8. The van der Waals surface area contributed by atoms with Gasteiger partial charge >= 0.3 is 0 Å². The van der Waals surface area contributed by atoms with E-state index >= 15 is 0 Å². The van der Waals surface area contributed by atoms with Gasteiger partial charge in [-0.15, -0.1) is 0 Å². The first-order valence-corrected chi connectivity index (χ1v) is 14.2. The zero-order chi connectivity index (χ0) is 28.1. The molecular formula is C31H38N6O3. The van der Waals surface area contributed by atoms with E-state index in [4.69, 9.17) is 0 Å². The van der Waals surface area contributed by atoms with Gasteiger partial charge in [-0.25, -0.2) is 0 Å². The van der Waals surface area contributed by atoms with Crippen LogP contribution in [0.5, 0.6) is 0 Å². The highest BCUT2D eigenvalue weighted by Crippen LogP contribution is 2.30. The standard InChI is InChI=1S/C31H38N6O3/c1-3-4-15-34(2)31(40)23-12-17-35(18-13-23)28-9-6-5-8-27(28)30(39)33-26-11-10-24-20-36(21-25(24)19-26)29(38)22-37-16-7-14-32-37/h5-11,14,16,19,23H,3-4,12-13,15,17-18,20-22H2,1-2H3,(H,33,39). The highest BCUT2D eigenvalue weighted by atomic mass is 16.2. The Kier molecular flexibility index (Phi) is 8.48. The maximum absolute atomic E-state index is 13.4. The van der Waals surface area contributed by atoms with Gasteiger partial charge in [0.15, 0.2) is 0 Å². The van der Waals surface area contributed by atoms with Crippen LogP contribution in [0.15, 0.2) is 60.9 Å². The van der Waals surface area contributed by atoms with E-state index in [2.05, 4.69) is 22.2 Å². The Labute approximate surface area is 235 Å². The van der Waals surface area contributed by atoms with Gasteiger partial charge in [0, 0.05) is 69.5 Å². The largest absolute Gasteiger partial charge is 0.371 e. The quantitative estimate of drug-likeness (QED) is 0.439. The van der Waals surface area contributed by atoms with Crippen molar-refractivity contribution in [2.75, 3.05) is 36.9 Å². The number of nitrogens with zero attached hydrogens (tertiary/aromatic N) is 5. The second kappa shape index (κ2) is 12.4. The summed E-state index contributed by atoms with van der Waals surface area (Å²) in [4.78, 5) is 44.9. The molecule has 0 spiro atoms. The maximum Gasteiger partial charge on any atom is 0.257 e. The molecule has 3 heterocycles. The van der Waals surface area contributed by atoms with E-state index in [1.807, 2.05) is 59.3 Å². The molecule has 1 saturated heterocycles. The van der Waals surface area contributed by atoms with E-state index in [1.54, 1.807) is 23.1 Å². The summed E-state index contributed by atoms with van der Waals surface area (Å²) in [6.45, 7) is 5.70. The molecule has 3 amide bonds. The Morgan fingerprint density at radius 3 is 2.55 bits per heavy atom. The lowest BCUT2D eigenvalue weighted by atomic mass is 9.94. The molecule has 1 N–H and O–H groups in total. The van der Waals surface area contributed by atoms with Crippen LogP contribution in [0, 0.1) is 5.92 Å². The van der Waals surface area contributed by atoms with Crippen molar-refractivity contribution >= 4 is 29.1 Å². The van der Waals surface area contributed by atoms with Crippen LogP contribution in [0.3, 0.4) is 0 Å². The van der Waals surface area contributed by atoms with Crippen LogP contribution in [-0.4, -0.2) is 64.0 Å². The number of rotatable bonds is 9. The first-order chi connectivity index (χ1) is 19.4. The fraction of sp³-hybridized carbons (Fsp3) is 0.419. The summed E-state index contributed by atoms with van der Waals surface area (Å²) in [5, 5.41) is 7.19. The number of unbranched alkanes of at least 4 members (excludes halogenated alkanes) is 1. The molecule has 5 rings (SSSR count). The SMILES string of the molecule is CCCCN(C)C(=O)C1CCN(c2ccccc2C(=O)Nc2ccc3c(c2)CN(C(=O)Cn2cccn2)C3)CC1. The summed E-state index contributed by atoms with van der Waals surface area (Å²) in [5.41, 5.74) is 4.34. The summed E-state index contributed by atoms with van der Waals surface area (Å²) in [7, 11) is 1.90. The van der Waals surface area contributed by atoms with Crippen LogP contribution in [0.4, 0.5) is 11.4 Å². The molecule has 9 heteroatoms. The van der Waals surface area contributed by atoms with E-state index in [9.17, 15) is 14.4 Å². The average molecular weight is 543 g/mol. The van der Waals surface area contributed by atoms with Crippen molar-refractivity contribution in [1.29, 1.82) is 0 Å². The predicted octanol–water partition coefficient (Wildman–Crippen LogP) is 4.15. The molecule has 0 bridgehead atoms. The van der Waals surface area contributed by atoms with E-state index in [0.29, 0.717) is 24.3 Å². The number of fused-ring (bicyclic) bond motifs is 1. The Hall–Kier alpha value is -4.14. The number of para-hydroxylation sites is 1. The van der Waals surface area contributed by atoms with Crippen molar-refractivity contribution in [2.24, 2.45) is 5.92 Å². The van der Waals surface area contributed by atoms with Crippen molar-refractivity contribution in [2.45, 2.75) is 52.2 Å². The second-order valence-corrected chi connectivity index (χ2v) is 10.8. The van der Waals surface area contributed by atoms with Crippen molar-refractivity contribution in [3.05, 3.63) is 77.6 Å². The lowest BCUT2D eigenvalue weighted by molar-refractivity contribution is -0.135. The molecule has 9 nitrogen and oxygen atoms in total. The molecule has 0 radical (unpaired) electrons. The number of carbonyl (C=O) groups excluding carboxylic acids is 3. The number of hydrogen-bond donors (Lipinski definition) is 1. The molecule has 1 aromatic heterocycles. The van der Waals surface area contributed by atoms with Crippen LogP contribution in [-0.2, 0) is 29.2 Å². The molecule has 1 fully saturated rings. The van der Waals surface area contributed by atoms with E-state index in [-0.39, 0.29) is 30.2 Å². The van der Waals surface area contributed by atoms with Crippen LogP contribution in [0.25, 0.3) is 0 Å². The van der Waals surface area contributed by atoms with Crippen molar-refractivity contribution in [3.63, 3.8) is 0 Å². The minimum absolute atomic E-state index is 0.0116. The number of aromatic nitrogens is 2. The number of anilines is 2. The van der Waals surface area contributed by atoms with Gasteiger partial charge < -0.3 is 20.0 Å². The minimum Gasteiger partial charge on any atom is -0.371 e. The molecule has 0 unspecified atom stereocenters. The summed E-state index contributed by atoms with van der Waals surface area (Å²) in [6.07, 6.45) is 7.11. The molecule has 2 aliphatic rings. The highest BCUT2D eigenvalue weighted by molar-refractivity contribution is 6.08. The third-order valence-corrected chi connectivity index (χ3v) is 7.95. The Morgan fingerprint density at radius 2 is 1.80 bits per heavy atom. The maximum atomic E-state index is 13.4. The van der Waals surface area contributed by atoms with Gasteiger partial charge in [-0.05, 0) is 60.7 Å². The van der Waals surface area contributed by atoms with Gasteiger partial charge in [0.05, 0.1) is 5.56 Å². The zero-order valence-electron chi connectivity index (χ0n) is 23.4. The fourth-order valence-electron chi connectivity index (χ4n) is 5.61. The number of benzene rings is 2. The summed E-state index contributed by atoms with van der Waals surface area (Å²) < 4.78 is 1.63. The number of carbonyl (C=O) groups is 3. The smallest absolute Gasteiger partial charge is 0.257 e. The lowest BCUT2D eigenvalue weighted by Gasteiger charge is -2.35. The molecule has 0 aliphatic carbocycles. The van der Waals surface area contributed by atoms with Gasteiger partial charge in [0.2, 0.25) is 11.8 Å². The molecule has 40 heavy (non-hydrogen) atoms. The fourth-order valence-corrected chi connectivity index (χ4v) is 5.61. The van der Waals surface area contributed by atoms with Crippen molar-refractivity contribution in [1.82, 2.24) is 19.6 Å². The van der Waals surface area contributed by atoms with E-state index < -0.39 is 0 Å². The van der Waals surface area contributed by atoms with E-state index in [0.717, 1.165) is 62.1 Å². The topological polar surface area (TPSA) is 90.8 Å². The molecule has 2 aromatic carbocycles. The number of hydrogen-bond acceptors (Lipinski definition) is 5. The summed E-state index contributed by atoms with van der Waals surface area (Å²) >= 11 is 0. The molecule has 0 saturated carbocycles. The van der Waals surface area contributed by atoms with Crippen LogP contribution >= 0.6 is 0 Å². The Balaban J connectivity index is 1.20. The third kappa shape index (κ3) is 6.19. The highest BCUT2D eigenvalue weighted by Gasteiger charge is 2.29. The van der Waals surface area contributed by atoms with Gasteiger partial charge in [0.1, 0.15) is 6.54 Å². The third-order valence-electron chi connectivity index (χ3n) is 7.95. The molecule has 2 aliphatic heterocycles. The molecule has 0 atom stereocenters. The van der Waals surface area contributed by atoms with Gasteiger partial charge in [-0.1, -0.05) is 31.5 Å². The first-order valence-electron chi connectivity index (χ1n) is 14.2. The lowest BCUT2D eigenvalue weighted by Crippen LogP contribution is -2.42. The predicted molar refractivity (Wildman–Crippen MR) is 155 cm³/mol. The van der Waals surface area contributed by atoms with Crippen molar-refractivity contribution < 1.29 is 14.4 Å². The monoisotopic (exact) mass is 542 g/mol.